The molecule has 4 rings (SSSR count). The van der Waals surface area contributed by atoms with Crippen molar-refractivity contribution >= 4 is 29.1 Å². The van der Waals surface area contributed by atoms with E-state index in [1.807, 2.05) is 13.0 Å². The van der Waals surface area contributed by atoms with E-state index in [1.54, 1.807) is 18.2 Å². The van der Waals surface area contributed by atoms with Gasteiger partial charge in [-0.25, -0.2) is 4.39 Å². The number of carbonyl (C=O) groups excluding carboxylic acids is 2. The number of carbonyl (C=O) groups is 2. The molecule has 2 aromatic rings. The van der Waals surface area contributed by atoms with E-state index in [0.717, 1.165) is 11.1 Å². The average molecular weight is 359 g/mol. The molecule has 2 aliphatic heterocycles. The Hall–Kier alpha value is -2.40. The van der Waals surface area contributed by atoms with Crippen LogP contribution in [0.15, 0.2) is 36.4 Å². The second-order valence-electron chi connectivity index (χ2n) is 6.62. The molecule has 0 saturated carbocycles. The monoisotopic (exact) mass is 358 g/mol. The Kier molecular flexibility index (Phi) is 3.58. The highest BCUT2D eigenvalue weighted by Crippen LogP contribution is 2.51. The van der Waals surface area contributed by atoms with Crippen LogP contribution < -0.4 is 10.6 Å². The molecule has 1 saturated heterocycles. The fourth-order valence-electron chi connectivity index (χ4n) is 3.98. The zero-order valence-corrected chi connectivity index (χ0v) is 14.3. The number of amides is 2. The minimum Gasteiger partial charge on any atom is -0.348 e. The molecule has 1 spiro atoms. The largest absolute Gasteiger partial charge is 0.348 e. The topological polar surface area (TPSA) is 58.2 Å². The van der Waals surface area contributed by atoms with Crippen molar-refractivity contribution in [3.05, 3.63) is 63.9 Å². The van der Waals surface area contributed by atoms with Crippen molar-refractivity contribution in [2.75, 3.05) is 5.32 Å². The maximum atomic E-state index is 13.9. The molecule has 2 heterocycles. The minimum absolute atomic E-state index is 0.144. The molecular formula is C19H16ClFN2O2. The van der Waals surface area contributed by atoms with Gasteiger partial charge in [0.1, 0.15) is 11.2 Å². The number of benzene rings is 2. The summed E-state index contributed by atoms with van der Waals surface area (Å²) < 4.78 is 13.9. The molecule has 0 radical (unpaired) electrons. The first kappa shape index (κ1) is 16.1. The Labute approximate surface area is 149 Å². The molecular weight excluding hydrogens is 343 g/mol. The molecule has 4 nitrogen and oxygen atoms in total. The van der Waals surface area contributed by atoms with Gasteiger partial charge in [0, 0.05) is 17.1 Å². The van der Waals surface area contributed by atoms with Gasteiger partial charge in [-0.2, -0.15) is 0 Å². The predicted molar refractivity (Wildman–Crippen MR) is 93.0 cm³/mol. The van der Waals surface area contributed by atoms with Crippen LogP contribution in [-0.4, -0.2) is 11.8 Å². The van der Waals surface area contributed by atoms with Crippen molar-refractivity contribution in [1.82, 2.24) is 5.32 Å². The van der Waals surface area contributed by atoms with Gasteiger partial charge < -0.3 is 10.6 Å². The molecule has 2 amide bonds. The van der Waals surface area contributed by atoms with E-state index in [0.29, 0.717) is 22.7 Å². The van der Waals surface area contributed by atoms with Gasteiger partial charge in [0.15, 0.2) is 0 Å². The molecule has 2 unspecified atom stereocenters. The summed E-state index contributed by atoms with van der Waals surface area (Å²) in [5.41, 5.74) is 1.91. The van der Waals surface area contributed by atoms with Gasteiger partial charge in [-0.05, 0) is 54.3 Å². The van der Waals surface area contributed by atoms with Gasteiger partial charge >= 0.3 is 0 Å². The van der Waals surface area contributed by atoms with E-state index in [1.165, 1.54) is 12.1 Å². The summed E-state index contributed by atoms with van der Waals surface area (Å²) in [6.45, 7) is 1.85. The van der Waals surface area contributed by atoms with E-state index < -0.39 is 17.3 Å². The number of piperidine rings is 1. The first-order chi connectivity index (χ1) is 11.9. The van der Waals surface area contributed by atoms with E-state index >= 15 is 0 Å². The van der Waals surface area contributed by atoms with Crippen molar-refractivity contribution in [2.24, 2.45) is 0 Å². The minimum atomic E-state index is -0.966. The highest BCUT2D eigenvalue weighted by Gasteiger charge is 2.55. The second kappa shape index (κ2) is 5.56. The summed E-state index contributed by atoms with van der Waals surface area (Å²) in [6, 6.07) is 9.05. The Balaban J connectivity index is 1.94. The van der Waals surface area contributed by atoms with Gasteiger partial charge in [-0.1, -0.05) is 23.7 Å². The third-order valence-electron chi connectivity index (χ3n) is 5.21. The zero-order chi connectivity index (χ0) is 17.8. The molecule has 1 fully saturated rings. The standard InChI is InChI=1S/C19H16ClFN2O2/c1-10-2-4-12(21)9-13(10)17-19(7-6-16(24)23-17)14-5-3-11(20)8-15(14)22-18(19)25/h2-5,8-9,17H,6-7H2,1H3,(H,22,25)(H,23,24). The number of anilines is 1. The Morgan fingerprint density at radius 2 is 2.00 bits per heavy atom. The van der Waals surface area contributed by atoms with Gasteiger partial charge in [0.05, 0.1) is 6.04 Å². The molecule has 0 aliphatic carbocycles. The number of nitrogens with one attached hydrogen (secondary N) is 2. The van der Waals surface area contributed by atoms with Crippen LogP contribution in [-0.2, 0) is 15.0 Å². The van der Waals surface area contributed by atoms with Crippen LogP contribution in [0.3, 0.4) is 0 Å². The van der Waals surface area contributed by atoms with Gasteiger partial charge in [-0.3, -0.25) is 9.59 Å². The maximum Gasteiger partial charge on any atom is 0.237 e. The van der Waals surface area contributed by atoms with E-state index in [-0.39, 0.29) is 18.2 Å². The first-order valence-corrected chi connectivity index (χ1v) is 8.46. The molecule has 128 valence electrons. The van der Waals surface area contributed by atoms with E-state index in [9.17, 15) is 14.0 Å². The summed E-state index contributed by atoms with van der Waals surface area (Å²) in [5, 5.41) is 6.32. The van der Waals surface area contributed by atoms with Crippen LogP contribution in [0.4, 0.5) is 10.1 Å². The fraction of sp³-hybridized carbons (Fsp3) is 0.263. The van der Waals surface area contributed by atoms with Gasteiger partial charge in [-0.15, -0.1) is 0 Å². The number of rotatable bonds is 1. The Bertz CT molecular complexity index is 914. The molecule has 0 bridgehead atoms. The third kappa shape index (κ3) is 2.34. The second-order valence-corrected chi connectivity index (χ2v) is 7.05. The zero-order valence-electron chi connectivity index (χ0n) is 13.5. The first-order valence-electron chi connectivity index (χ1n) is 8.09. The van der Waals surface area contributed by atoms with Crippen molar-refractivity contribution in [2.45, 2.75) is 31.2 Å². The van der Waals surface area contributed by atoms with Gasteiger partial charge in [0.2, 0.25) is 11.8 Å². The van der Waals surface area contributed by atoms with Crippen molar-refractivity contribution in [3.63, 3.8) is 0 Å². The summed E-state index contributed by atoms with van der Waals surface area (Å²) >= 11 is 6.05. The number of hydrogen-bond acceptors (Lipinski definition) is 2. The molecule has 2 atom stereocenters. The third-order valence-corrected chi connectivity index (χ3v) is 5.45. The van der Waals surface area contributed by atoms with Crippen LogP contribution in [0.1, 0.15) is 35.6 Å². The van der Waals surface area contributed by atoms with Crippen LogP contribution in [0.2, 0.25) is 5.02 Å². The SMILES string of the molecule is Cc1ccc(F)cc1C1NC(=O)CCC12C(=O)Nc1cc(Cl)ccc12. The number of fused-ring (bicyclic) bond motifs is 2. The normalized spacial score (nSPS) is 24.8. The molecule has 2 N–H and O–H groups in total. The highest BCUT2D eigenvalue weighted by atomic mass is 35.5. The predicted octanol–water partition coefficient (Wildman–Crippen LogP) is 3.63. The van der Waals surface area contributed by atoms with Crippen LogP contribution in [0, 0.1) is 12.7 Å². The van der Waals surface area contributed by atoms with Crippen molar-refractivity contribution in [3.8, 4) is 0 Å². The lowest BCUT2D eigenvalue weighted by molar-refractivity contribution is -0.130. The van der Waals surface area contributed by atoms with Gasteiger partial charge in [0.25, 0.3) is 0 Å². The van der Waals surface area contributed by atoms with E-state index in [4.69, 9.17) is 11.6 Å². The lowest BCUT2D eigenvalue weighted by atomic mass is 9.67. The molecule has 0 aromatic heterocycles. The average Bonchev–Trinajstić information content (AvgIpc) is 2.84. The lowest BCUT2D eigenvalue weighted by Crippen LogP contribution is -2.52. The number of hydrogen-bond donors (Lipinski definition) is 2. The van der Waals surface area contributed by atoms with Crippen LogP contribution in [0.25, 0.3) is 0 Å². The fourth-order valence-corrected chi connectivity index (χ4v) is 4.15. The molecule has 2 aromatic carbocycles. The summed E-state index contributed by atoms with van der Waals surface area (Å²) in [4.78, 5) is 25.1. The molecule has 2 aliphatic rings. The Morgan fingerprint density at radius 1 is 1.20 bits per heavy atom. The molecule has 25 heavy (non-hydrogen) atoms. The summed E-state index contributed by atoms with van der Waals surface area (Å²) in [5.74, 6) is -0.738. The van der Waals surface area contributed by atoms with Crippen LogP contribution in [0.5, 0.6) is 0 Å². The molecule has 6 heteroatoms. The Morgan fingerprint density at radius 3 is 2.80 bits per heavy atom. The maximum absolute atomic E-state index is 13.9. The highest BCUT2D eigenvalue weighted by molar-refractivity contribution is 6.31. The quantitative estimate of drug-likeness (QED) is 0.817. The smallest absolute Gasteiger partial charge is 0.237 e. The van der Waals surface area contributed by atoms with Crippen molar-refractivity contribution in [1.29, 1.82) is 0 Å². The lowest BCUT2D eigenvalue weighted by Gasteiger charge is -2.41. The summed E-state index contributed by atoms with van der Waals surface area (Å²) in [6.07, 6.45) is 0.597. The van der Waals surface area contributed by atoms with Crippen LogP contribution >= 0.6 is 11.6 Å². The summed E-state index contributed by atoms with van der Waals surface area (Å²) in [7, 11) is 0. The van der Waals surface area contributed by atoms with Crippen molar-refractivity contribution < 1.29 is 14.0 Å². The number of aryl methyl sites for hydroxylation is 1. The van der Waals surface area contributed by atoms with E-state index in [2.05, 4.69) is 10.6 Å². The number of halogens is 2.